The first-order valence-electron chi connectivity index (χ1n) is 8.52. The summed E-state index contributed by atoms with van der Waals surface area (Å²) >= 11 is 0. The molecule has 4 rings (SSSR count). The molecule has 3 aromatic carbocycles. The van der Waals surface area contributed by atoms with E-state index in [0.717, 1.165) is 11.1 Å². The summed E-state index contributed by atoms with van der Waals surface area (Å²) in [7, 11) is 0. The minimum absolute atomic E-state index is 0.0240. The quantitative estimate of drug-likeness (QED) is 0.761. The van der Waals surface area contributed by atoms with Gasteiger partial charge < -0.3 is 10.1 Å². The highest BCUT2D eigenvalue weighted by Gasteiger charge is 2.23. The number of carbonyl (C=O) groups excluding carboxylic acids is 1. The summed E-state index contributed by atoms with van der Waals surface area (Å²) in [5.41, 5.74) is 3.20. The zero-order chi connectivity index (χ0) is 17.8. The molecule has 0 aromatic heterocycles. The summed E-state index contributed by atoms with van der Waals surface area (Å²) in [5, 5.41) is 2.96. The van der Waals surface area contributed by atoms with Gasteiger partial charge in [0, 0.05) is 5.56 Å². The summed E-state index contributed by atoms with van der Waals surface area (Å²) in [6.07, 6.45) is 0. The van der Waals surface area contributed by atoms with E-state index in [1.165, 1.54) is 0 Å². The maximum absolute atomic E-state index is 12.5. The topological polar surface area (TPSA) is 50.7 Å². The molecular weight excluding hydrogens is 324 g/mol. The maximum atomic E-state index is 12.5. The molecule has 0 spiro atoms. The molecule has 1 aliphatic rings. The Morgan fingerprint density at radius 3 is 2.31 bits per heavy atom. The average molecular weight is 342 g/mol. The minimum atomic E-state index is -0.156. The second-order valence-electron chi connectivity index (χ2n) is 6.04. The fourth-order valence-electron chi connectivity index (χ4n) is 2.93. The molecule has 1 N–H and O–H groups in total. The number of rotatable bonds is 4. The van der Waals surface area contributed by atoms with E-state index in [1.54, 1.807) is 12.1 Å². The number of amides is 1. The molecule has 4 heteroatoms. The number of nitrogens with zero attached hydrogens (tertiary/aromatic N) is 1. The van der Waals surface area contributed by atoms with E-state index in [-0.39, 0.29) is 11.9 Å². The molecule has 4 nitrogen and oxygen atoms in total. The van der Waals surface area contributed by atoms with Gasteiger partial charge in [0.1, 0.15) is 12.6 Å². The lowest BCUT2D eigenvalue weighted by Crippen LogP contribution is -2.15. The Morgan fingerprint density at radius 1 is 0.885 bits per heavy atom. The van der Waals surface area contributed by atoms with Crippen LogP contribution in [-0.2, 0) is 4.74 Å². The lowest BCUT2D eigenvalue weighted by Gasteiger charge is -2.10. The van der Waals surface area contributed by atoms with Gasteiger partial charge in [-0.05, 0) is 29.8 Å². The van der Waals surface area contributed by atoms with Crippen molar-refractivity contribution in [1.29, 1.82) is 0 Å². The van der Waals surface area contributed by atoms with Crippen molar-refractivity contribution in [3.63, 3.8) is 0 Å². The number of nitrogens with one attached hydrogen (secondary N) is 1. The summed E-state index contributed by atoms with van der Waals surface area (Å²) < 4.78 is 5.83. The first-order chi connectivity index (χ1) is 12.8. The SMILES string of the molecule is O=C(Nc1ccccc1C1=N[C@H](c2ccccc2)CO1)c1ccccc1. The molecule has 26 heavy (non-hydrogen) atoms. The van der Waals surface area contributed by atoms with Gasteiger partial charge in [-0.3, -0.25) is 4.79 Å². The highest BCUT2D eigenvalue weighted by Crippen LogP contribution is 2.27. The standard InChI is InChI=1S/C22H18N2O2/c25-21(17-11-5-2-6-12-17)23-19-14-8-7-13-18(19)22-24-20(15-26-22)16-9-3-1-4-10-16/h1-14,20H,15H2,(H,23,25)/t20-/m0/s1. The van der Waals surface area contributed by atoms with Gasteiger partial charge in [0.05, 0.1) is 11.3 Å². The van der Waals surface area contributed by atoms with Gasteiger partial charge in [-0.25, -0.2) is 4.99 Å². The molecule has 0 saturated carbocycles. The van der Waals surface area contributed by atoms with Crippen LogP contribution < -0.4 is 5.32 Å². The van der Waals surface area contributed by atoms with Gasteiger partial charge in [-0.15, -0.1) is 0 Å². The predicted molar refractivity (Wildman–Crippen MR) is 103 cm³/mol. The highest BCUT2D eigenvalue weighted by molar-refractivity contribution is 6.09. The second kappa shape index (κ2) is 7.23. The van der Waals surface area contributed by atoms with Crippen molar-refractivity contribution in [2.45, 2.75) is 6.04 Å². The maximum Gasteiger partial charge on any atom is 0.255 e. The molecule has 0 unspecified atom stereocenters. The minimum Gasteiger partial charge on any atom is -0.475 e. The highest BCUT2D eigenvalue weighted by atomic mass is 16.5. The Hall–Kier alpha value is -3.40. The molecule has 0 aliphatic carbocycles. The van der Waals surface area contributed by atoms with E-state index >= 15 is 0 Å². The first kappa shape index (κ1) is 16.1. The van der Waals surface area contributed by atoms with Crippen molar-refractivity contribution >= 4 is 17.5 Å². The van der Waals surface area contributed by atoms with Crippen LogP contribution in [0.4, 0.5) is 5.69 Å². The van der Waals surface area contributed by atoms with Crippen molar-refractivity contribution in [1.82, 2.24) is 0 Å². The van der Waals surface area contributed by atoms with E-state index in [4.69, 9.17) is 9.73 Å². The lowest BCUT2D eigenvalue weighted by molar-refractivity contribution is 0.102. The number of aliphatic imine (C=N–C) groups is 1. The number of hydrogen-bond donors (Lipinski definition) is 1. The molecular formula is C22H18N2O2. The normalized spacial score (nSPS) is 15.8. The second-order valence-corrected chi connectivity index (χ2v) is 6.04. The monoisotopic (exact) mass is 342 g/mol. The molecule has 0 bridgehead atoms. The summed E-state index contributed by atoms with van der Waals surface area (Å²) in [4.78, 5) is 17.2. The molecule has 1 amide bonds. The number of hydrogen-bond acceptors (Lipinski definition) is 3. The van der Waals surface area contributed by atoms with Gasteiger partial charge in [-0.2, -0.15) is 0 Å². The van der Waals surface area contributed by atoms with Crippen molar-refractivity contribution in [3.05, 3.63) is 102 Å². The molecule has 0 fully saturated rings. The first-order valence-corrected chi connectivity index (χ1v) is 8.52. The molecule has 0 saturated heterocycles. The van der Waals surface area contributed by atoms with Crippen LogP contribution in [0.3, 0.4) is 0 Å². The van der Waals surface area contributed by atoms with Crippen LogP contribution in [0.5, 0.6) is 0 Å². The Kier molecular flexibility index (Phi) is 4.48. The summed E-state index contributed by atoms with van der Waals surface area (Å²) in [6.45, 7) is 0.500. The fraction of sp³-hybridized carbons (Fsp3) is 0.0909. The van der Waals surface area contributed by atoms with E-state index < -0.39 is 0 Å². The van der Waals surface area contributed by atoms with Crippen LogP contribution >= 0.6 is 0 Å². The van der Waals surface area contributed by atoms with Crippen molar-refractivity contribution in [3.8, 4) is 0 Å². The van der Waals surface area contributed by atoms with Crippen LogP contribution in [0.1, 0.15) is 27.5 Å². The van der Waals surface area contributed by atoms with Gasteiger partial charge in [0.2, 0.25) is 5.90 Å². The molecule has 128 valence electrons. The third kappa shape index (κ3) is 3.35. The number of carbonyl (C=O) groups is 1. The van der Waals surface area contributed by atoms with Crippen molar-refractivity contribution in [2.75, 3.05) is 11.9 Å². The Bertz CT molecular complexity index is 937. The Labute approximate surface area is 152 Å². The Balaban J connectivity index is 1.59. The van der Waals surface area contributed by atoms with E-state index in [0.29, 0.717) is 23.8 Å². The van der Waals surface area contributed by atoms with Crippen LogP contribution in [0, 0.1) is 0 Å². The van der Waals surface area contributed by atoms with Gasteiger partial charge >= 0.3 is 0 Å². The molecule has 1 aliphatic heterocycles. The summed E-state index contributed by atoms with van der Waals surface area (Å²) in [6, 6.07) is 26.7. The number of para-hydroxylation sites is 1. The van der Waals surface area contributed by atoms with Crippen LogP contribution in [0.25, 0.3) is 0 Å². The number of anilines is 1. The average Bonchev–Trinajstić information content (AvgIpc) is 3.20. The van der Waals surface area contributed by atoms with Gasteiger partial charge in [0.15, 0.2) is 0 Å². The lowest BCUT2D eigenvalue weighted by atomic mass is 10.1. The Morgan fingerprint density at radius 2 is 1.54 bits per heavy atom. The van der Waals surface area contributed by atoms with Gasteiger partial charge in [-0.1, -0.05) is 60.7 Å². The predicted octanol–water partition coefficient (Wildman–Crippen LogP) is 4.46. The van der Waals surface area contributed by atoms with Crippen LogP contribution in [-0.4, -0.2) is 18.4 Å². The zero-order valence-corrected chi connectivity index (χ0v) is 14.1. The van der Waals surface area contributed by atoms with Crippen LogP contribution in [0.2, 0.25) is 0 Å². The van der Waals surface area contributed by atoms with Crippen molar-refractivity contribution < 1.29 is 9.53 Å². The van der Waals surface area contributed by atoms with Crippen LogP contribution in [0.15, 0.2) is 89.9 Å². The summed E-state index contributed by atoms with van der Waals surface area (Å²) in [5.74, 6) is 0.402. The zero-order valence-electron chi connectivity index (χ0n) is 14.1. The largest absolute Gasteiger partial charge is 0.475 e. The van der Waals surface area contributed by atoms with E-state index in [2.05, 4.69) is 5.32 Å². The van der Waals surface area contributed by atoms with Crippen molar-refractivity contribution in [2.24, 2.45) is 4.99 Å². The third-order valence-corrected chi connectivity index (χ3v) is 4.28. The molecule has 1 heterocycles. The van der Waals surface area contributed by atoms with Gasteiger partial charge in [0.25, 0.3) is 5.91 Å². The third-order valence-electron chi connectivity index (χ3n) is 4.28. The van der Waals surface area contributed by atoms with E-state index in [1.807, 2.05) is 72.8 Å². The fourth-order valence-corrected chi connectivity index (χ4v) is 2.93. The smallest absolute Gasteiger partial charge is 0.255 e. The number of benzene rings is 3. The molecule has 0 radical (unpaired) electrons. The van der Waals surface area contributed by atoms with E-state index in [9.17, 15) is 4.79 Å². The number of ether oxygens (including phenoxy) is 1. The molecule has 1 atom stereocenters. The molecule has 3 aromatic rings.